The van der Waals surface area contributed by atoms with E-state index < -0.39 is 0 Å². The van der Waals surface area contributed by atoms with Gasteiger partial charge < -0.3 is 9.67 Å². The van der Waals surface area contributed by atoms with Crippen LogP contribution >= 0.6 is 11.8 Å². The highest BCUT2D eigenvalue weighted by molar-refractivity contribution is 7.98. The van der Waals surface area contributed by atoms with Gasteiger partial charge in [0.05, 0.1) is 12.3 Å². The Labute approximate surface area is 153 Å². The van der Waals surface area contributed by atoms with E-state index in [1.54, 1.807) is 11.8 Å². The van der Waals surface area contributed by atoms with Crippen LogP contribution in [0.4, 0.5) is 0 Å². The average Bonchev–Trinajstić information content (AvgIpc) is 3.00. The van der Waals surface area contributed by atoms with Crippen molar-refractivity contribution in [3.63, 3.8) is 0 Å². The van der Waals surface area contributed by atoms with Gasteiger partial charge in [0.15, 0.2) is 5.16 Å². The summed E-state index contributed by atoms with van der Waals surface area (Å²) in [6, 6.07) is 15.1. The normalized spacial score (nSPS) is 11.0. The standard InChI is InChI=1S/C21H24N2OS/c1-15-5-8-18(9-6-15)11-23-12-20(13-24)22-21(23)25-14-19-10-16(2)4-7-17(19)3/h4-10,12,24H,11,13-14H2,1-3H3. The van der Waals surface area contributed by atoms with Gasteiger partial charge in [-0.15, -0.1) is 0 Å². The Morgan fingerprint density at radius 1 is 1.00 bits per heavy atom. The molecule has 0 unspecified atom stereocenters. The van der Waals surface area contributed by atoms with Crippen LogP contribution in [0, 0.1) is 20.8 Å². The molecule has 0 amide bonds. The first-order valence-electron chi connectivity index (χ1n) is 8.46. The number of hydrogen-bond donors (Lipinski definition) is 1. The molecular weight excluding hydrogens is 328 g/mol. The van der Waals surface area contributed by atoms with Gasteiger partial charge in [0, 0.05) is 18.5 Å². The maximum atomic E-state index is 9.46. The predicted molar refractivity (Wildman–Crippen MR) is 104 cm³/mol. The summed E-state index contributed by atoms with van der Waals surface area (Å²) in [5.74, 6) is 0.878. The molecule has 3 nitrogen and oxygen atoms in total. The molecule has 0 bridgehead atoms. The van der Waals surface area contributed by atoms with E-state index in [4.69, 9.17) is 0 Å². The van der Waals surface area contributed by atoms with E-state index in [0.29, 0.717) is 0 Å². The van der Waals surface area contributed by atoms with Gasteiger partial charge >= 0.3 is 0 Å². The Morgan fingerprint density at radius 3 is 2.44 bits per heavy atom. The molecule has 0 aliphatic heterocycles. The van der Waals surface area contributed by atoms with Crippen LogP contribution in [0.15, 0.2) is 53.8 Å². The Morgan fingerprint density at radius 2 is 1.72 bits per heavy atom. The minimum Gasteiger partial charge on any atom is -0.390 e. The van der Waals surface area contributed by atoms with Crippen molar-refractivity contribution < 1.29 is 5.11 Å². The van der Waals surface area contributed by atoms with Crippen LogP contribution in [-0.2, 0) is 18.9 Å². The van der Waals surface area contributed by atoms with Gasteiger partial charge in [-0.3, -0.25) is 0 Å². The van der Waals surface area contributed by atoms with Gasteiger partial charge in [0.1, 0.15) is 0 Å². The summed E-state index contributed by atoms with van der Waals surface area (Å²) in [5, 5.41) is 10.4. The fraction of sp³-hybridized carbons (Fsp3) is 0.286. The van der Waals surface area contributed by atoms with Crippen molar-refractivity contribution in [2.75, 3.05) is 0 Å². The first kappa shape index (κ1) is 17.8. The van der Waals surface area contributed by atoms with E-state index in [1.807, 2.05) is 6.20 Å². The molecule has 0 radical (unpaired) electrons. The summed E-state index contributed by atoms with van der Waals surface area (Å²) < 4.78 is 2.13. The third kappa shape index (κ3) is 4.53. The molecule has 0 aliphatic carbocycles. The second-order valence-electron chi connectivity index (χ2n) is 6.51. The molecule has 0 spiro atoms. The quantitative estimate of drug-likeness (QED) is 0.657. The predicted octanol–water partition coefficient (Wildman–Crippen LogP) is 4.64. The number of benzene rings is 2. The van der Waals surface area contributed by atoms with Gasteiger partial charge in [-0.05, 0) is 37.5 Å². The van der Waals surface area contributed by atoms with Crippen LogP contribution in [0.5, 0.6) is 0 Å². The van der Waals surface area contributed by atoms with Crippen molar-refractivity contribution in [2.24, 2.45) is 0 Å². The molecular formula is C21H24N2OS. The second-order valence-corrected chi connectivity index (χ2v) is 7.45. The number of hydrogen-bond acceptors (Lipinski definition) is 3. The summed E-state index contributed by atoms with van der Waals surface area (Å²) >= 11 is 1.72. The smallest absolute Gasteiger partial charge is 0.168 e. The summed E-state index contributed by atoms with van der Waals surface area (Å²) in [6.07, 6.45) is 1.95. The van der Waals surface area contributed by atoms with Crippen molar-refractivity contribution in [1.29, 1.82) is 0 Å². The van der Waals surface area contributed by atoms with Crippen LogP contribution in [-0.4, -0.2) is 14.7 Å². The van der Waals surface area contributed by atoms with Gasteiger partial charge in [-0.1, -0.05) is 65.4 Å². The van der Waals surface area contributed by atoms with Gasteiger partial charge in [0.25, 0.3) is 0 Å². The zero-order chi connectivity index (χ0) is 17.8. The summed E-state index contributed by atoms with van der Waals surface area (Å²) in [5.41, 5.74) is 7.13. The Balaban J connectivity index is 1.79. The van der Waals surface area contributed by atoms with Crippen LogP contribution in [0.2, 0.25) is 0 Å². The molecule has 0 saturated carbocycles. The number of aryl methyl sites for hydroxylation is 3. The zero-order valence-electron chi connectivity index (χ0n) is 15.0. The molecule has 0 fully saturated rings. The first-order chi connectivity index (χ1) is 12.0. The second kappa shape index (κ2) is 7.89. The van der Waals surface area contributed by atoms with E-state index in [0.717, 1.165) is 23.1 Å². The molecule has 1 heterocycles. The highest BCUT2D eigenvalue weighted by Crippen LogP contribution is 2.25. The fourth-order valence-electron chi connectivity index (χ4n) is 2.74. The number of aliphatic hydroxyl groups is 1. The third-order valence-corrected chi connectivity index (χ3v) is 5.33. The summed E-state index contributed by atoms with van der Waals surface area (Å²) in [7, 11) is 0. The largest absolute Gasteiger partial charge is 0.390 e. The van der Waals surface area contributed by atoms with Crippen molar-refractivity contribution in [2.45, 2.75) is 44.8 Å². The lowest BCUT2D eigenvalue weighted by Crippen LogP contribution is -2.00. The molecule has 3 aromatic rings. The lowest BCUT2D eigenvalue weighted by molar-refractivity contribution is 0.277. The minimum absolute atomic E-state index is 0.0298. The lowest BCUT2D eigenvalue weighted by atomic mass is 10.1. The van der Waals surface area contributed by atoms with Gasteiger partial charge in [0.2, 0.25) is 0 Å². The number of imidazole rings is 1. The van der Waals surface area contributed by atoms with Crippen molar-refractivity contribution in [3.05, 3.63) is 82.2 Å². The molecule has 0 saturated heterocycles. The Bertz CT molecular complexity index is 853. The molecule has 0 atom stereocenters. The van der Waals surface area contributed by atoms with E-state index in [9.17, 15) is 5.11 Å². The van der Waals surface area contributed by atoms with E-state index >= 15 is 0 Å². The van der Waals surface area contributed by atoms with Gasteiger partial charge in [-0.25, -0.2) is 4.98 Å². The average molecular weight is 353 g/mol. The Kier molecular flexibility index (Phi) is 5.61. The molecule has 1 N–H and O–H groups in total. The van der Waals surface area contributed by atoms with Crippen molar-refractivity contribution in [3.8, 4) is 0 Å². The highest BCUT2D eigenvalue weighted by atomic mass is 32.2. The topological polar surface area (TPSA) is 38.0 Å². The van der Waals surface area contributed by atoms with Crippen molar-refractivity contribution in [1.82, 2.24) is 9.55 Å². The maximum Gasteiger partial charge on any atom is 0.168 e. The molecule has 0 aliphatic rings. The zero-order valence-corrected chi connectivity index (χ0v) is 15.8. The first-order valence-corrected chi connectivity index (χ1v) is 9.45. The highest BCUT2D eigenvalue weighted by Gasteiger charge is 2.10. The van der Waals surface area contributed by atoms with Crippen LogP contribution in [0.3, 0.4) is 0 Å². The van der Waals surface area contributed by atoms with E-state index in [2.05, 4.69) is 72.8 Å². The fourth-order valence-corrected chi connectivity index (χ4v) is 3.80. The molecule has 25 heavy (non-hydrogen) atoms. The summed E-state index contributed by atoms with van der Waals surface area (Å²) in [6.45, 7) is 7.10. The molecule has 2 aromatic carbocycles. The number of aliphatic hydroxyl groups excluding tert-OH is 1. The Hall–Kier alpha value is -2.04. The summed E-state index contributed by atoms with van der Waals surface area (Å²) in [4.78, 5) is 4.59. The number of nitrogens with zero attached hydrogens (tertiary/aromatic N) is 2. The minimum atomic E-state index is -0.0298. The van der Waals surface area contributed by atoms with Crippen LogP contribution in [0.1, 0.15) is 33.5 Å². The number of aromatic nitrogens is 2. The monoisotopic (exact) mass is 352 g/mol. The molecule has 4 heteroatoms. The number of thioether (sulfide) groups is 1. The van der Waals surface area contributed by atoms with Crippen LogP contribution in [0.25, 0.3) is 0 Å². The van der Waals surface area contributed by atoms with E-state index in [-0.39, 0.29) is 6.61 Å². The molecule has 130 valence electrons. The van der Waals surface area contributed by atoms with Gasteiger partial charge in [-0.2, -0.15) is 0 Å². The maximum absolute atomic E-state index is 9.46. The lowest BCUT2D eigenvalue weighted by Gasteiger charge is -2.10. The molecule has 1 aromatic heterocycles. The number of rotatable bonds is 6. The van der Waals surface area contributed by atoms with E-state index in [1.165, 1.54) is 27.8 Å². The molecule has 3 rings (SSSR count). The SMILES string of the molecule is Cc1ccc(Cn2cc(CO)nc2SCc2cc(C)ccc2C)cc1. The van der Waals surface area contributed by atoms with Crippen LogP contribution < -0.4 is 0 Å². The third-order valence-electron chi connectivity index (χ3n) is 4.29. The van der Waals surface area contributed by atoms with Crippen molar-refractivity contribution >= 4 is 11.8 Å².